The molecule has 0 atom stereocenters. The molecule has 0 unspecified atom stereocenters. The number of anilines is 2. The average molecular weight is 502 g/mol. The number of aromatic hydroxyl groups is 1. The summed E-state index contributed by atoms with van der Waals surface area (Å²) < 4.78 is 10.0. The highest BCUT2D eigenvalue weighted by Gasteiger charge is 2.22. The lowest BCUT2D eigenvalue weighted by Crippen LogP contribution is -2.24. The van der Waals surface area contributed by atoms with E-state index < -0.39 is 23.7 Å². The molecule has 0 fully saturated rings. The smallest absolute Gasteiger partial charge is 0.411 e. The number of benzene rings is 3. The number of hydrogen-bond acceptors (Lipinski definition) is 8. The molecular weight excluding hydrogens is 480 g/mol. The second-order valence-electron chi connectivity index (χ2n) is 7.72. The van der Waals surface area contributed by atoms with Crippen molar-refractivity contribution in [2.24, 2.45) is 0 Å². The molecule has 0 aromatic heterocycles. The zero-order chi connectivity index (χ0) is 27.3. The number of nitriles is 1. The molecule has 0 aliphatic rings. The van der Waals surface area contributed by atoms with E-state index in [0.717, 1.165) is 11.6 Å². The van der Waals surface area contributed by atoms with E-state index in [1.165, 1.54) is 38.5 Å². The zero-order valence-electron chi connectivity index (χ0n) is 20.0. The van der Waals surface area contributed by atoms with Crippen molar-refractivity contribution >= 4 is 35.1 Å². The monoisotopic (exact) mass is 502 g/mol. The number of carboxylic acids is 1. The molecule has 0 aliphatic carbocycles. The fourth-order valence-corrected chi connectivity index (χ4v) is 3.57. The largest absolute Gasteiger partial charge is 0.507 e. The summed E-state index contributed by atoms with van der Waals surface area (Å²) >= 11 is 0. The van der Waals surface area contributed by atoms with E-state index in [1.54, 1.807) is 25.1 Å². The van der Waals surface area contributed by atoms with Crippen molar-refractivity contribution in [1.29, 1.82) is 10.7 Å². The van der Waals surface area contributed by atoms with Crippen LogP contribution in [0.15, 0.2) is 48.5 Å². The van der Waals surface area contributed by atoms with E-state index in [2.05, 4.69) is 15.4 Å². The molecule has 0 radical (unpaired) electrons. The molecule has 0 saturated heterocycles. The van der Waals surface area contributed by atoms with Crippen LogP contribution in [0, 0.1) is 23.7 Å². The number of aryl methyl sites for hydroxylation is 1. The number of phenols is 1. The van der Waals surface area contributed by atoms with Gasteiger partial charge in [0, 0.05) is 11.3 Å². The lowest BCUT2D eigenvalue weighted by atomic mass is 9.96. The van der Waals surface area contributed by atoms with Gasteiger partial charge in [0.1, 0.15) is 17.2 Å². The molecule has 0 saturated carbocycles. The predicted molar refractivity (Wildman–Crippen MR) is 134 cm³/mol. The number of methoxy groups -OCH3 is 2. The molecule has 3 rings (SSSR count). The van der Waals surface area contributed by atoms with E-state index in [4.69, 9.17) is 15.4 Å². The highest BCUT2D eigenvalue weighted by molar-refractivity contribution is 6.48. The van der Waals surface area contributed by atoms with Crippen molar-refractivity contribution in [2.45, 2.75) is 6.92 Å². The van der Waals surface area contributed by atoms with Gasteiger partial charge in [0.05, 0.1) is 42.7 Å². The predicted octanol–water partition coefficient (Wildman–Crippen LogP) is 4.13. The number of carboxylic acid groups (broad SMARTS) is 1. The van der Waals surface area contributed by atoms with Crippen molar-refractivity contribution in [1.82, 2.24) is 0 Å². The SMILES string of the molecule is COC(=O)Nc1ccc(-c2cc(O)c(C(=N)C(=O)Nc3ccc(C#N)cc3C(=O)O)cc2OC)c(C)c1. The van der Waals surface area contributed by atoms with E-state index in [1.807, 2.05) is 6.07 Å². The van der Waals surface area contributed by atoms with Crippen molar-refractivity contribution in [3.8, 4) is 28.7 Å². The maximum absolute atomic E-state index is 12.8. The third-order valence-electron chi connectivity index (χ3n) is 5.39. The molecule has 11 nitrogen and oxygen atoms in total. The maximum atomic E-state index is 12.8. The summed E-state index contributed by atoms with van der Waals surface area (Å²) in [5, 5.41) is 42.3. The van der Waals surface area contributed by atoms with Crippen LogP contribution in [0.4, 0.5) is 16.2 Å². The van der Waals surface area contributed by atoms with E-state index in [0.29, 0.717) is 16.8 Å². The summed E-state index contributed by atoms with van der Waals surface area (Å²) in [5.41, 5.74) is 1.23. The highest BCUT2D eigenvalue weighted by atomic mass is 16.5. The molecule has 5 N–H and O–H groups in total. The van der Waals surface area contributed by atoms with Gasteiger partial charge < -0.3 is 25.0 Å². The fraction of sp³-hybridized carbons (Fsp3) is 0.115. The summed E-state index contributed by atoms with van der Waals surface area (Å²) in [5.74, 6) is -2.47. The van der Waals surface area contributed by atoms with Gasteiger partial charge in [0.2, 0.25) is 0 Å². The Kier molecular flexibility index (Phi) is 7.74. The molecule has 3 aromatic rings. The first-order valence-electron chi connectivity index (χ1n) is 10.6. The van der Waals surface area contributed by atoms with Crippen molar-refractivity contribution in [2.75, 3.05) is 24.9 Å². The number of rotatable bonds is 7. The van der Waals surface area contributed by atoms with Gasteiger partial charge in [-0.3, -0.25) is 15.5 Å². The second kappa shape index (κ2) is 10.9. The summed E-state index contributed by atoms with van der Waals surface area (Å²) in [4.78, 5) is 35.8. The van der Waals surface area contributed by atoms with Crippen LogP contribution in [0.25, 0.3) is 11.1 Å². The molecule has 0 bridgehead atoms. The van der Waals surface area contributed by atoms with E-state index in [9.17, 15) is 24.6 Å². The van der Waals surface area contributed by atoms with Crippen LogP contribution in [0.1, 0.15) is 27.0 Å². The number of phenolic OH excluding ortho intramolecular Hbond substituents is 1. The van der Waals surface area contributed by atoms with Gasteiger partial charge in [-0.05, 0) is 60.5 Å². The van der Waals surface area contributed by atoms with Gasteiger partial charge in [0.15, 0.2) is 0 Å². The molecule has 0 spiro atoms. The van der Waals surface area contributed by atoms with E-state index in [-0.39, 0.29) is 33.9 Å². The van der Waals surface area contributed by atoms with Crippen LogP contribution in [0.3, 0.4) is 0 Å². The summed E-state index contributed by atoms with van der Waals surface area (Å²) in [7, 11) is 2.64. The Morgan fingerprint density at radius 2 is 1.70 bits per heavy atom. The zero-order valence-corrected chi connectivity index (χ0v) is 20.0. The number of aromatic carboxylic acids is 1. The van der Waals surface area contributed by atoms with Gasteiger partial charge in [0.25, 0.3) is 5.91 Å². The maximum Gasteiger partial charge on any atom is 0.411 e. The fourth-order valence-electron chi connectivity index (χ4n) is 3.57. The number of carbonyl (C=O) groups is 3. The molecule has 0 heterocycles. The molecular formula is C26H22N4O7. The van der Waals surface area contributed by atoms with Crippen LogP contribution in [-0.4, -0.2) is 48.1 Å². The Morgan fingerprint density at radius 3 is 2.30 bits per heavy atom. The average Bonchev–Trinajstić information content (AvgIpc) is 2.88. The highest BCUT2D eigenvalue weighted by Crippen LogP contribution is 2.38. The lowest BCUT2D eigenvalue weighted by Gasteiger charge is -2.16. The van der Waals surface area contributed by atoms with Gasteiger partial charge >= 0.3 is 12.1 Å². The quantitative estimate of drug-likeness (QED) is 0.299. The number of carbonyl (C=O) groups excluding carboxylic acids is 2. The molecule has 37 heavy (non-hydrogen) atoms. The van der Waals surface area contributed by atoms with Gasteiger partial charge in [-0.25, -0.2) is 9.59 Å². The van der Waals surface area contributed by atoms with Crippen molar-refractivity contribution < 1.29 is 34.1 Å². The summed E-state index contributed by atoms with van der Waals surface area (Å²) in [6.45, 7) is 1.79. The first kappa shape index (κ1) is 26.2. The van der Waals surface area contributed by atoms with Crippen LogP contribution in [0.2, 0.25) is 0 Å². The molecule has 3 aromatic carbocycles. The van der Waals surface area contributed by atoms with Crippen LogP contribution in [0.5, 0.6) is 11.5 Å². The Balaban J connectivity index is 1.94. The molecule has 188 valence electrons. The van der Waals surface area contributed by atoms with Gasteiger partial charge in [-0.2, -0.15) is 5.26 Å². The Labute approximate surface area is 211 Å². The minimum atomic E-state index is -1.36. The standard InChI is InChI=1S/C26H22N4O7/c1-13-8-15(29-26(35)37-3)5-6-16(13)17-10-21(31)19(11-22(17)36-2)23(28)24(32)30-20-7-4-14(12-27)9-18(20)25(33)34/h4-11,28,31H,1-3H3,(H,29,35)(H,30,32)(H,33,34). The third-order valence-corrected chi connectivity index (χ3v) is 5.39. The number of amides is 2. The van der Waals surface area contributed by atoms with Gasteiger partial charge in [-0.15, -0.1) is 0 Å². The number of nitrogens with zero attached hydrogens (tertiary/aromatic N) is 1. The van der Waals surface area contributed by atoms with Crippen molar-refractivity contribution in [3.63, 3.8) is 0 Å². The van der Waals surface area contributed by atoms with Crippen LogP contribution < -0.4 is 15.4 Å². The molecule has 2 amide bonds. The summed E-state index contributed by atoms with van der Waals surface area (Å²) in [6, 6.07) is 13.2. The number of nitrogens with one attached hydrogen (secondary N) is 3. The normalized spacial score (nSPS) is 10.1. The van der Waals surface area contributed by atoms with Gasteiger partial charge in [-0.1, -0.05) is 6.07 Å². The number of hydrogen-bond donors (Lipinski definition) is 5. The summed E-state index contributed by atoms with van der Waals surface area (Å²) in [6.07, 6.45) is -0.625. The lowest BCUT2D eigenvalue weighted by molar-refractivity contribution is -0.110. The molecule has 11 heteroatoms. The van der Waals surface area contributed by atoms with E-state index >= 15 is 0 Å². The Bertz CT molecular complexity index is 1470. The third kappa shape index (κ3) is 5.66. The van der Waals surface area contributed by atoms with Crippen LogP contribution >= 0.6 is 0 Å². The van der Waals surface area contributed by atoms with Crippen molar-refractivity contribution in [3.05, 3.63) is 70.8 Å². The molecule has 0 aliphatic heterocycles. The topological polar surface area (TPSA) is 182 Å². The first-order valence-corrected chi connectivity index (χ1v) is 10.6. The first-order chi connectivity index (χ1) is 17.6. The Morgan fingerprint density at radius 1 is 0.973 bits per heavy atom. The number of ether oxygens (including phenoxy) is 2. The minimum absolute atomic E-state index is 0.0906. The second-order valence-corrected chi connectivity index (χ2v) is 7.72. The Hall–Kier alpha value is -5.37. The minimum Gasteiger partial charge on any atom is -0.507 e. The van der Waals surface area contributed by atoms with Crippen LogP contribution in [-0.2, 0) is 9.53 Å².